The van der Waals surface area contributed by atoms with E-state index < -0.39 is 0 Å². The van der Waals surface area contributed by atoms with E-state index in [9.17, 15) is 4.79 Å². The maximum Gasteiger partial charge on any atom is 0.274 e. The van der Waals surface area contributed by atoms with Crippen LogP contribution >= 0.6 is 34.5 Å². The van der Waals surface area contributed by atoms with Gasteiger partial charge in [-0.1, -0.05) is 47.5 Å². The van der Waals surface area contributed by atoms with Crippen LogP contribution in [0.25, 0.3) is 21.5 Å². The van der Waals surface area contributed by atoms with E-state index in [2.05, 4.69) is 16.5 Å². The highest BCUT2D eigenvalue weighted by Gasteiger charge is 2.37. The molecule has 1 saturated heterocycles. The van der Waals surface area contributed by atoms with Crippen molar-refractivity contribution < 1.29 is 4.79 Å². The lowest BCUT2D eigenvalue weighted by Gasteiger charge is -2.22. The number of imidazole rings is 1. The van der Waals surface area contributed by atoms with E-state index in [1.807, 2.05) is 50.2 Å². The summed E-state index contributed by atoms with van der Waals surface area (Å²) in [4.78, 5) is 29.1. The van der Waals surface area contributed by atoms with E-state index in [1.54, 1.807) is 4.90 Å². The Labute approximate surface area is 199 Å². The first-order valence-electron chi connectivity index (χ1n) is 10.2. The maximum absolute atomic E-state index is 13.7. The van der Waals surface area contributed by atoms with Crippen molar-refractivity contribution in [2.75, 3.05) is 6.54 Å². The van der Waals surface area contributed by atoms with Gasteiger partial charge in [-0.3, -0.25) is 4.79 Å². The number of aromatic nitrogens is 3. The van der Waals surface area contributed by atoms with Gasteiger partial charge < -0.3 is 9.88 Å². The molecular weight excluding hydrogens is 463 g/mol. The van der Waals surface area contributed by atoms with Crippen molar-refractivity contribution in [1.29, 1.82) is 0 Å². The van der Waals surface area contributed by atoms with Gasteiger partial charge in [-0.05, 0) is 55.7 Å². The topological polar surface area (TPSA) is 61.9 Å². The lowest BCUT2D eigenvalue weighted by molar-refractivity contribution is 0.0728. The fourth-order valence-corrected chi connectivity index (χ4v) is 5.40. The number of fused-ring (bicyclic) bond motifs is 1. The van der Waals surface area contributed by atoms with Crippen LogP contribution in [0.5, 0.6) is 0 Å². The minimum absolute atomic E-state index is 0.136. The minimum Gasteiger partial charge on any atom is -0.340 e. The van der Waals surface area contributed by atoms with Crippen molar-refractivity contribution >= 4 is 51.5 Å². The quantitative estimate of drug-likeness (QED) is 0.328. The molecule has 5 nitrogen and oxygen atoms in total. The number of hydrogen-bond donors (Lipinski definition) is 1. The van der Waals surface area contributed by atoms with E-state index in [-0.39, 0.29) is 11.9 Å². The molecule has 0 saturated carbocycles. The number of hydrogen-bond acceptors (Lipinski definition) is 4. The largest absolute Gasteiger partial charge is 0.340 e. The van der Waals surface area contributed by atoms with E-state index in [1.165, 1.54) is 11.3 Å². The van der Waals surface area contributed by atoms with Gasteiger partial charge in [-0.15, -0.1) is 11.3 Å². The second kappa shape index (κ2) is 8.03. The molecule has 0 aliphatic carbocycles. The van der Waals surface area contributed by atoms with Crippen LogP contribution in [0.3, 0.4) is 0 Å². The summed E-state index contributed by atoms with van der Waals surface area (Å²) in [5.41, 5.74) is 4.94. The number of halogens is 2. The molecule has 1 unspecified atom stereocenters. The van der Waals surface area contributed by atoms with Crippen molar-refractivity contribution in [3.8, 4) is 10.4 Å². The first kappa shape index (κ1) is 21.2. The molecule has 2 aromatic heterocycles. The minimum atomic E-state index is -0.241. The Bertz CT molecular complexity index is 1390. The van der Waals surface area contributed by atoms with Crippen LogP contribution in [0.1, 0.15) is 39.3 Å². The number of likely N-dealkylation sites (tertiary alicyclic amines) is 1. The lowest BCUT2D eigenvalue weighted by atomic mass is 10.1. The third-order valence-electron chi connectivity index (χ3n) is 5.71. The molecule has 0 radical (unpaired) electrons. The van der Waals surface area contributed by atoms with E-state index in [0.717, 1.165) is 43.4 Å². The fraction of sp³-hybridized carbons (Fsp3) is 0.208. The third kappa shape index (κ3) is 3.62. The van der Waals surface area contributed by atoms with Crippen LogP contribution < -0.4 is 0 Å². The number of benzene rings is 2. The molecule has 8 heteroatoms. The van der Waals surface area contributed by atoms with Crippen molar-refractivity contribution in [2.45, 2.75) is 26.3 Å². The summed E-state index contributed by atoms with van der Waals surface area (Å²) >= 11 is 14.0. The molecule has 1 amide bonds. The average Bonchev–Trinajstić information content (AvgIpc) is 3.46. The van der Waals surface area contributed by atoms with Crippen molar-refractivity contribution in [3.05, 3.63) is 80.7 Å². The molecular formula is C24H20Cl2N4OS. The maximum atomic E-state index is 13.7. The molecule has 4 aromatic rings. The Morgan fingerprint density at radius 2 is 2.03 bits per heavy atom. The highest BCUT2D eigenvalue weighted by atomic mass is 35.5. The number of rotatable bonds is 3. The summed E-state index contributed by atoms with van der Waals surface area (Å²) in [6, 6.07) is 11.0. The Morgan fingerprint density at radius 3 is 2.81 bits per heavy atom. The standard InChI is InChI=1S/C24H20Cl2N4OS/c1-12-9-19(23-28-18-8-7-17(26)13(2)20(18)29-23)30(11-12)24(31)21-22(32-14(3)27-21)15-5-4-6-16(25)10-15/h4-8,10,19H,1,9,11H2,2-3H3,(H,28,29). The molecule has 3 heterocycles. The number of thiazole rings is 1. The zero-order valence-electron chi connectivity index (χ0n) is 17.6. The molecule has 32 heavy (non-hydrogen) atoms. The van der Waals surface area contributed by atoms with Gasteiger partial charge in [-0.25, -0.2) is 9.97 Å². The molecule has 1 atom stereocenters. The predicted molar refractivity (Wildman–Crippen MR) is 131 cm³/mol. The molecule has 0 bridgehead atoms. The number of aryl methyl sites for hydroxylation is 2. The zero-order valence-corrected chi connectivity index (χ0v) is 19.9. The number of amides is 1. The molecule has 1 fully saturated rings. The first-order chi connectivity index (χ1) is 15.3. The number of H-pyrrole nitrogens is 1. The van der Waals surface area contributed by atoms with Gasteiger partial charge in [0.05, 0.1) is 27.0 Å². The van der Waals surface area contributed by atoms with E-state index in [4.69, 9.17) is 28.2 Å². The highest BCUT2D eigenvalue weighted by molar-refractivity contribution is 7.15. The highest BCUT2D eigenvalue weighted by Crippen LogP contribution is 2.38. The molecule has 2 aromatic carbocycles. The van der Waals surface area contributed by atoms with Crippen molar-refractivity contribution in [3.63, 3.8) is 0 Å². The normalized spacial score (nSPS) is 16.3. The second-order valence-electron chi connectivity index (χ2n) is 8.01. The summed E-state index contributed by atoms with van der Waals surface area (Å²) in [6.45, 7) is 8.46. The number of nitrogens with zero attached hydrogens (tertiary/aromatic N) is 3. The predicted octanol–water partition coefficient (Wildman–Crippen LogP) is 6.75. The van der Waals surface area contributed by atoms with Gasteiger partial charge in [0.25, 0.3) is 5.91 Å². The summed E-state index contributed by atoms with van der Waals surface area (Å²) in [6.07, 6.45) is 0.647. The molecule has 0 spiro atoms. The monoisotopic (exact) mass is 482 g/mol. The summed E-state index contributed by atoms with van der Waals surface area (Å²) in [5, 5.41) is 2.12. The zero-order chi connectivity index (χ0) is 22.6. The SMILES string of the molecule is C=C1CC(c2nc3c(C)c(Cl)ccc3[nH]2)N(C(=O)c2nc(C)sc2-c2cccc(Cl)c2)C1. The average molecular weight is 483 g/mol. The third-order valence-corrected chi connectivity index (χ3v) is 7.38. The van der Waals surface area contributed by atoms with Gasteiger partial charge in [-0.2, -0.15) is 0 Å². The number of aromatic amines is 1. The van der Waals surface area contributed by atoms with E-state index in [0.29, 0.717) is 28.7 Å². The molecule has 5 rings (SSSR count). The van der Waals surface area contributed by atoms with Crippen molar-refractivity contribution in [2.24, 2.45) is 0 Å². The van der Waals surface area contributed by atoms with Gasteiger partial charge in [0.2, 0.25) is 0 Å². The van der Waals surface area contributed by atoms with Crippen LogP contribution in [-0.2, 0) is 0 Å². The van der Waals surface area contributed by atoms with Gasteiger partial charge >= 0.3 is 0 Å². The summed E-state index contributed by atoms with van der Waals surface area (Å²) in [7, 11) is 0. The number of carbonyl (C=O) groups is 1. The smallest absolute Gasteiger partial charge is 0.274 e. The number of nitrogens with one attached hydrogen (secondary N) is 1. The summed E-state index contributed by atoms with van der Waals surface area (Å²) in [5.74, 6) is 0.594. The second-order valence-corrected chi connectivity index (χ2v) is 10.1. The molecule has 1 aliphatic heterocycles. The lowest BCUT2D eigenvalue weighted by Crippen LogP contribution is -2.31. The Kier molecular flexibility index (Phi) is 5.32. The Morgan fingerprint density at radius 1 is 1.22 bits per heavy atom. The molecule has 1 aliphatic rings. The molecule has 1 N–H and O–H groups in total. The number of carbonyl (C=O) groups excluding carboxylic acids is 1. The van der Waals surface area contributed by atoms with E-state index >= 15 is 0 Å². The first-order valence-corrected chi connectivity index (χ1v) is 11.7. The Hall–Kier alpha value is -2.67. The van der Waals surface area contributed by atoms with Crippen LogP contribution in [0, 0.1) is 13.8 Å². The van der Waals surface area contributed by atoms with Crippen molar-refractivity contribution in [1.82, 2.24) is 19.9 Å². The van der Waals surface area contributed by atoms with Crippen LogP contribution in [0.15, 0.2) is 48.6 Å². The van der Waals surface area contributed by atoms with Crippen LogP contribution in [-0.4, -0.2) is 32.3 Å². The molecule has 162 valence electrons. The van der Waals surface area contributed by atoms with Crippen LogP contribution in [0.2, 0.25) is 10.0 Å². The summed E-state index contributed by atoms with van der Waals surface area (Å²) < 4.78 is 0. The van der Waals surface area contributed by atoms with Gasteiger partial charge in [0.1, 0.15) is 11.5 Å². The Balaban J connectivity index is 1.55. The van der Waals surface area contributed by atoms with Gasteiger partial charge in [0.15, 0.2) is 0 Å². The van der Waals surface area contributed by atoms with Gasteiger partial charge in [0, 0.05) is 16.6 Å². The van der Waals surface area contributed by atoms with Crippen LogP contribution in [0.4, 0.5) is 0 Å². The fourth-order valence-electron chi connectivity index (χ4n) is 4.16.